The maximum atomic E-state index is 11.7. The largest absolute Gasteiger partial charge is 0.393 e. The predicted molar refractivity (Wildman–Crippen MR) is 63.8 cm³/mol. The van der Waals surface area contributed by atoms with Crippen molar-refractivity contribution in [3.05, 3.63) is 28.8 Å². The van der Waals surface area contributed by atoms with E-state index < -0.39 is 6.10 Å². The highest BCUT2D eigenvalue weighted by molar-refractivity contribution is 6.31. The zero-order chi connectivity index (χ0) is 11.7. The minimum Gasteiger partial charge on any atom is -0.393 e. The summed E-state index contributed by atoms with van der Waals surface area (Å²) >= 11 is 6.02. The van der Waals surface area contributed by atoms with Gasteiger partial charge in [-0.15, -0.1) is 0 Å². The SMILES string of the molecule is Cc1ccc(N2CCC(O)CC2=O)cc1Cl. The summed E-state index contributed by atoms with van der Waals surface area (Å²) in [4.78, 5) is 13.4. The molecule has 0 radical (unpaired) electrons. The van der Waals surface area contributed by atoms with Crippen molar-refractivity contribution in [2.75, 3.05) is 11.4 Å². The third kappa shape index (κ3) is 2.20. The average molecular weight is 240 g/mol. The third-order valence-corrected chi connectivity index (χ3v) is 3.27. The molecule has 0 saturated carbocycles. The number of hydrogen-bond donors (Lipinski definition) is 1. The minimum atomic E-state index is -0.496. The summed E-state index contributed by atoms with van der Waals surface area (Å²) < 4.78 is 0. The molecule has 1 unspecified atom stereocenters. The number of rotatable bonds is 1. The number of aliphatic hydroxyl groups is 1. The highest BCUT2D eigenvalue weighted by atomic mass is 35.5. The summed E-state index contributed by atoms with van der Waals surface area (Å²) in [5.41, 5.74) is 1.81. The molecule has 1 heterocycles. The van der Waals surface area contributed by atoms with E-state index in [1.165, 1.54) is 0 Å². The number of amides is 1. The zero-order valence-corrected chi connectivity index (χ0v) is 9.87. The van der Waals surface area contributed by atoms with Crippen molar-refractivity contribution in [1.29, 1.82) is 0 Å². The van der Waals surface area contributed by atoms with Crippen LogP contribution in [0.4, 0.5) is 5.69 Å². The number of carbonyl (C=O) groups is 1. The lowest BCUT2D eigenvalue weighted by molar-refractivity contribution is -0.122. The van der Waals surface area contributed by atoms with Crippen LogP contribution < -0.4 is 4.90 Å². The molecule has 86 valence electrons. The Morgan fingerprint density at radius 2 is 2.25 bits per heavy atom. The van der Waals surface area contributed by atoms with Crippen molar-refractivity contribution in [3.8, 4) is 0 Å². The lowest BCUT2D eigenvalue weighted by Gasteiger charge is -2.29. The molecular formula is C12H14ClNO2. The van der Waals surface area contributed by atoms with Crippen LogP contribution in [-0.4, -0.2) is 23.7 Å². The molecule has 1 amide bonds. The van der Waals surface area contributed by atoms with Crippen LogP contribution in [0.25, 0.3) is 0 Å². The average Bonchev–Trinajstić information content (AvgIpc) is 2.22. The quantitative estimate of drug-likeness (QED) is 0.816. The molecule has 0 spiro atoms. The Labute approximate surface area is 99.6 Å². The molecule has 4 heteroatoms. The fourth-order valence-electron chi connectivity index (χ4n) is 1.84. The maximum absolute atomic E-state index is 11.7. The number of piperidine rings is 1. The first-order chi connectivity index (χ1) is 7.58. The van der Waals surface area contributed by atoms with E-state index in [-0.39, 0.29) is 12.3 Å². The Bertz CT molecular complexity index is 419. The van der Waals surface area contributed by atoms with Crippen LogP contribution in [0, 0.1) is 6.92 Å². The topological polar surface area (TPSA) is 40.5 Å². The van der Waals surface area contributed by atoms with Gasteiger partial charge in [0.25, 0.3) is 0 Å². The molecule has 1 aliphatic rings. The van der Waals surface area contributed by atoms with Gasteiger partial charge in [-0.2, -0.15) is 0 Å². The molecule has 1 N–H and O–H groups in total. The number of carbonyl (C=O) groups excluding carboxylic acids is 1. The van der Waals surface area contributed by atoms with Gasteiger partial charge in [0.1, 0.15) is 0 Å². The Hall–Kier alpha value is -1.06. The summed E-state index contributed by atoms with van der Waals surface area (Å²) in [5, 5.41) is 10.0. The van der Waals surface area contributed by atoms with E-state index in [9.17, 15) is 9.90 Å². The van der Waals surface area contributed by atoms with Crippen LogP contribution in [0.2, 0.25) is 5.02 Å². The number of hydrogen-bond acceptors (Lipinski definition) is 2. The minimum absolute atomic E-state index is 0.0429. The van der Waals surface area contributed by atoms with E-state index in [1.807, 2.05) is 19.1 Å². The first-order valence-electron chi connectivity index (χ1n) is 5.32. The van der Waals surface area contributed by atoms with Crippen molar-refractivity contribution in [1.82, 2.24) is 0 Å². The zero-order valence-electron chi connectivity index (χ0n) is 9.11. The molecular weight excluding hydrogens is 226 g/mol. The predicted octanol–water partition coefficient (Wildman–Crippen LogP) is 2.14. The van der Waals surface area contributed by atoms with Gasteiger partial charge in [-0.25, -0.2) is 0 Å². The number of nitrogens with zero attached hydrogens (tertiary/aromatic N) is 1. The number of anilines is 1. The van der Waals surface area contributed by atoms with Gasteiger partial charge in [0.15, 0.2) is 0 Å². The first kappa shape index (κ1) is 11.4. The van der Waals surface area contributed by atoms with Crippen LogP contribution in [0.5, 0.6) is 0 Å². The monoisotopic (exact) mass is 239 g/mol. The molecule has 0 bridgehead atoms. The van der Waals surface area contributed by atoms with Gasteiger partial charge in [-0.1, -0.05) is 17.7 Å². The smallest absolute Gasteiger partial charge is 0.229 e. The molecule has 1 aliphatic heterocycles. The number of aliphatic hydroxyl groups excluding tert-OH is 1. The summed E-state index contributed by atoms with van der Waals surface area (Å²) in [6.45, 7) is 2.48. The second kappa shape index (κ2) is 4.44. The van der Waals surface area contributed by atoms with E-state index >= 15 is 0 Å². The van der Waals surface area contributed by atoms with Gasteiger partial charge in [-0.05, 0) is 31.0 Å². The fourth-order valence-corrected chi connectivity index (χ4v) is 2.01. The van der Waals surface area contributed by atoms with Crippen molar-refractivity contribution in [2.24, 2.45) is 0 Å². The fraction of sp³-hybridized carbons (Fsp3) is 0.417. The molecule has 1 atom stereocenters. The molecule has 0 aromatic heterocycles. The summed E-state index contributed by atoms with van der Waals surface area (Å²) in [5.74, 6) is -0.0429. The second-order valence-corrected chi connectivity index (χ2v) is 4.53. The van der Waals surface area contributed by atoms with E-state index in [0.717, 1.165) is 11.3 Å². The van der Waals surface area contributed by atoms with Crippen LogP contribution in [0.3, 0.4) is 0 Å². The first-order valence-corrected chi connectivity index (χ1v) is 5.70. The number of aryl methyl sites for hydroxylation is 1. The van der Waals surface area contributed by atoms with E-state index in [4.69, 9.17) is 11.6 Å². The van der Waals surface area contributed by atoms with E-state index in [1.54, 1.807) is 11.0 Å². The van der Waals surface area contributed by atoms with Crippen molar-refractivity contribution >= 4 is 23.2 Å². The number of halogens is 1. The molecule has 1 aromatic carbocycles. The molecule has 16 heavy (non-hydrogen) atoms. The Kier molecular flexibility index (Phi) is 3.17. The van der Waals surface area contributed by atoms with Crippen LogP contribution >= 0.6 is 11.6 Å². The van der Waals surface area contributed by atoms with Gasteiger partial charge in [0, 0.05) is 17.3 Å². The van der Waals surface area contributed by atoms with Crippen LogP contribution in [0.15, 0.2) is 18.2 Å². The van der Waals surface area contributed by atoms with Crippen LogP contribution in [-0.2, 0) is 4.79 Å². The standard InChI is InChI=1S/C12H14ClNO2/c1-8-2-3-9(6-11(8)13)14-5-4-10(15)7-12(14)16/h2-3,6,10,15H,4-5,7H2,1H3. The van der Waals surface area contributed by atoms with Gasteiger partial charge >= 0.3 is 0 Å². The van der Waals surface area contributed by atoms with Crippen molar-refractivity contribution in [3.63, 3.8) is 0 Å². The number of benzene rings is 1. The normalized spacial score (nSPS) is 21.3. The van der Waals surface area contributed by atoms with Gasteiger partial charge in [0.05, 0.1) is 12.5 Å². The second-order valence-electron chi connectivity index (χ2n) is 4.13. The molecule has 2 rings (SSSR count). The molecule has 0 aliphatic carbocycles. The lowest BCUT2D eigenvalue weighted by atomic mass is 10.1. The highest BCUT2D eigenvalue weighted by Crippen LogP contribution is 2.26. The summed E-state index contributed by atoms with van der Waals surface area (Å²) in [6, 6.07) is 5.58. The summed E-state index contributed by atoms with van der Waals surface area (Å²) in [7, 11) is 0. The van der Waals surface area contributed by atoms with Gasteiger partial charge in [0.2, 0.25) is 5.91 Å². The van der Waals surface area contributed by atoms with Gasteiger partial charge in [-0.3, -0.25) is 4.79 Å². The van der Waals surface area contributed by atoms with Crippen molar-refractivity contribution in [2.45, 2.75) is 25.9 Å². The Balaban J connectivity index is 2.24. The maximum Gasteiger partial charge on any atom is 0.229 e. The van der Waals surface area contributed by atoms with E-state index in [2.05, 4.69) is 0 Å². The molecule has 1 saturated heterocycles. The highest BCUT2D eigenvalue weighted by Gasteiger charge is 2.25. The molecule has 1 aromatic rings. The third-order valence-electron chi connectivity index (χ3n) is 2.86. The lowest BCUT2D eigenvalue weighted by Crippen LogP contribution is -2.40. The molecule has 3 nitrogen and oxygen atoms in total. The molecule has 1 fully saturated rings. The van der Waals surface area contributed by atoms with Gasteiger partial charge < -0.3 is 10.0 Å². The Morgan fingerprint density at radius 3 is 2.88 bits per heavy atom. The van der Waals surface area contributed by atoms with Crippen LogP contribution in [0.1, 0.15) is 18.4 Å². The summed E-state index contributed by atoms with van der Waals surface area (Å²) in [6.07, 6.45) is 0.326. The Morgan fingerprint density at radius 1 is 1.50 bits per heavy atom. The van der Waals surface area contributed by atoms with E-state index in [0.29, 0.717) is 18.0 Å². The van der Waals surface area contributed by atoms with Crippen molar-refractivity contribution < 1.29 is 9.90 Å².